The molecule has 2 aromatic carbocycles. The number of amides is 2. The molecule has 0 radical (unpaired) electrons. The predicted octanol–water partition coefficient (Wildman–Crippen LogP) is 3.61. The van der Waals surface area contributed by atoms with Crippen LogP contribution in [0.15, 0.2) is 53.5 Å². The standard InChI is InChI=1S/C22H22ClF2N3O4S/c1-3-13(2)19-21(30)28(12-18(29)27-33(31,32)22(24)25)17-10-9-15(23)11-16(17)20(26-19)14-7-5-4-6-8-14/h4-11,13,19,22H,3,12H2,1-2H3,(H,27,29)/t13?,19-/m0/s1. The zero-order valence-corrected chi connectivity index (χ0v) is 19.4. The zero-order chi connectivity index (χ0) is 24.3. The van der Waals surface area contributed by atoms with E-state index >= 15 is 0 Å². The van der Waals surface area contributed by atoms with Crippen LogP contribution < -0.4 is 9.62 Å². The van der Waals surface area contributed by atoms with Crippen molar-refractivity contribution < 1.29 is 26.8 Å². The molecule has 1 unspecified atom stereocenters. The Morgan fingerprint density at radius 1 is 1.21 bits per heavy atom. The van der Waals surface area contributed by atoms with Gasteiger partial charge >= 0.3 is 5.76 Å². The lowest BCUT2D eigenvalue weighted by atomic mass is 9.98. The van der Waals surface area contributed by atoms with Crippen molar-refractivity contribution in [3.63, 3.8) is 0 Å². The van der Waals surface area contributed by atoms with E-state index in [9.17, 15) is 26.8 Å². The van der Waals surface area contributed by atoms with Gasteiger partial charge in [0, 0.05) is 16.1 Å². The average Bonchev–Trinajstić information content (AvgIpc) is 2.88. The number of rotatable bonds is 7. The largest absolute Gasteiger partial charge is 0.355 e. The van der Waals surface area contributed by atoms with E-state index in [1.165, 1.54) is 16.9 Å². The van der Waals surface area contributed by atoms with E-state index in [-0.39, 0.29) is 11.6 Å². The number of sulfonamides is 1. The first kappa shape index (κ1) is 24.8. The van der Waals surface area contributed by atoms with Crippen molar-refractivity contribution in [1.29, 1.82) is 0 Å². The van der Waals surface area contributed by atoms with E-state index in [0.29, 0.717) is 28.3 Å². The Bertz CT molecular complexity index is 1190. The van der Waals surface area contributed by atoms with Crippen LogP contribution in [-0.4, -0.2) is 44.3 Å². The number of hydrogen-bond donors (Lipinski definition) is 1. The highest BCUT2D eigenvalue weighted by molar-refractivity contribution is 7.90. The van der Waals surface area contributed by atoms with Gasteiger partial charge in [0.2, 0.25) is 0 Å². The monoisotopic (exact) mass is 497 g/mol. The van der Waals surface area contributed by atoms with Gasteiger partial charge in [0.15, 0.2) is 0 Å². The maximum atomic E-state index is 13.5. The lowest BCUT2D eigenvalue weighted by molar-refractivity contribution is -0.124. The van der Waals surface area contributed by atoms with Gasteiger partial charge in [0.1, 0.15) is 12.6 Å². The van der Waals surface area contributed by atoms with Gasteiger partial charge in [-0.1, -0.05) is 62.2 Å². The van der Waals surface area contributed by atoms with Crippen molar-refractivity contribution in [3.8, 4) is 0 Å². The minimum Gasteiger partial charge on any atom is -0.300 e. The number of aliphatic imine (C=N–C) groups is 1. The molecule has 2 amide bonds. The number of carbonyl (C=O) groups excluding carboxylic acids is 2. The second kappa shape index (κ2) is 9.96. The molecule has 0 bridgehead atoms. The van der Waals surface area contributed by atoms with Crippen LogP contribution >= 0.6 is 11.6 Å². The first-order valence-electron chi connectivity index (χ1n) is 10.1. The minimum atomic E-state index is -5.17. The molecule has 0 aromatic heterocycles. The highest BCUT2D eigenvalue weighted by Crippen LogP contribution is 2.32. The third-order valence-electron chi connectivity index (χ3n) is 5.31. The Morgan fingerprint density at radius 2 is 1.88 bits per heavy atom. The van der Waals surface area contributed by atoms with Gasteiger partial charge in [-0.05, 0) is 24.1 Å². The lowest BCUT2D eigenvalue weighted by Gasteiger charge is -2.26. The molecule has 0 saturated carbocycles. The molecule has 0 spiro atoms. The number of alkyl halides is 2. The van der Waals surface area contributed by atoms with Crippen molar-refractivity contribution in [1.82, 2.24) is 4.72 Å². The summed E-state index contributed by atoms with van der Waals surface area (Å²) in [6.45, 7) is 2.93. The third kappa shape index (κ3) is 5.39. The second-order valence-corrected chi connectivity index (χ2v) is 9.68. The van der Waals surface area contributed by atoms with E-state index in [1.54, 1.807) is 6.07 Å². The topological polar surface area (TPSA) is 95.9 Å². The van der Waals surface area contributed by atoms with Crippen LogP contribution in [0.4, 0.5) is 14.5 Å². The number of halogens is 3. The molecule has 0 aliphatic carbocycles. The predicted molar refractivity (Wildman–Crippen MR) is 122 cm³/mol. The number of fused-ring (bicyclic) bond motifs is 1. The summed E-state index contributed by atoms with van der Waals surface area (Å²) < 4.78 is 49.6. The summed E-state index contributed by atoms with van der Waals surface area (Å²) in [6.07, 6.45) is 0.596. The number of benzodiazepines with no additional fused rings is 1. The lowest BCUT2D eigenvalue weighted by Crippen LogP contribution is -2.47. The van der Waals surface area contributed by atoms with Gasteiger partial charge in [-0.25, -0.2) is 13.1 Å². The van der Waals surface area contributed by atoms with Gasteiger partial charge in [-0.15, -0.1) is 0 Å². The van der Waals surface area contributed by atoms with Crippen molar-refractivity contribution >= 4 is 44.8 Å². The Labute approximate surface area is 195 Å². The summed E-state index contributed by atoms with van der Waals surface area (Å²) in [7, 11) is -5.17. The van der Waals surface area contributed by atoms with Gasteiger partial charge in [-0.3, -0.25) is 14.6 Å². The summed E-state index contributed by atoms with van der Waals surface area (Å²) >= 11 is 6.22. The van der Waals surface area contributed by atoms with Crippen molar-refractivity contribution in [2.75, 3.05) is 11.4 Å². The first-order chi connectivity index (χ1) is 15.5. The number of nitrogens with zero attached hydrogens (tertiary/aromatic N) is 2. The fourth-order valence-corrected chi connectivity index (χ4v) is 4.08. The Morgan fingerprint density at radius 3 is 2.48 bits per heavy atom. The SMILES string of the molecule is CCC(C)[C@@H]1N=C(c2ccccc2)c2cc(Cl)ccc2N(CC(=O)NS(=O)(=O)C(F)F)C1=O. The summed E-state index contributed by atoms with van der Waals surface area (Å²) in [4.78, 5) is 31.7. The molecular weight excluding hydrogens is 476 g/mol. The molecule has 3 rings (SSSR count). The van der Waals surface area contributed by atoms with Gasteiger partial charge in [-0.2, -0.15) is 8.78 Å². The molecule has 176 valence electrons. The van der Waals surface area contributed by atoms with Crippen molar-refractivity contribution in [3.05, 3.63) is 64.7 Å². The number of anilines is 1. The number of hydrogen-bond acceptors (Lipinski definition) is 5. The zero-order valence-electron chi connectivity index (χ0n) is 17.8. The smallest absolute Gasteiger partial charge is 0.300 e. The Hall–Kier alpha value is -2.85. The molecule has 1 aliphatic rings. The van der Waals surface area contributed by atoms with Crippen LogP contribution in [0.1, 0.15) is 31.4 Å². The molecule has 33 heavy (non-hydrogen) atoms. The summed E-state index contributed by atoms with van der Waals surface area (Å²) in [5.41, 5.74) is 1.92. The van der Waals surface area contributed by atoms with Crippen LogP contribution in [0.2, 0.25) is 5.02 Å². The van der Waals surface area contributed by atoms with Crippen LogP contribution in [0.3, 0.4) is 0 Å². The van der Waals surface area contributed by atoms with Gasteiger partial charge in [0.05, 0.1) is 11.4 Å². The second-order valence-electron chi connectivity index (χ2n) is 7.59. The maximum absolute atomic E-state index is 13.5. The molecule has 7 nitrogen and oxygen atoms in total. The average molecular weight is 498 g/mol. The molecule has 0 saturated heterocycles. The summed E-state index contributed by atoms with van der Waals surface area (Å²) in [5, 5.41) is 0.358. The molecule has 1 N–H and O–H groups in total. The van der Waals surface area contributed by atoms with E-state index < -0.39 is 40.2 Å². The normalized spacial score (nSPS) is 17.3. The molecule has 2 atom stereocenters. The van der Waals surface area contributed by atoms with Gasteiger partial charge < -0.3 is 4.90 Å². The van der Waals surface area contributed by atoms with E-state index in [2.05, 4.69) is 0 Å². The number of carbonyl (C=O) groups is 2. The van der Waals surface area contributed by atoms with E-state index in [4.69, 9.17) is 16.6 Å². The highest BCUT2D eigenvalue weighted by Gasteiger charge is 2.36. The fourth-order valence-electron chi connectivity index (χ4n) is 3.44. The third-order valence-corrected chi connectivity index (χ3v) is 6.53. The molecule has 2 aromatic rings. The molecule has 1 aliphatic heterocycles. The van der Waals surface area contributed by atoms with Crippen LogP contribution in [0.5, 0.6) is 0 Å². The fraction of sp³-hybridized carbons (Fsp3) is 0.318. The quantitative estimate of drug-likeness (QED) is 0.632. The van der Waals surface area contributed by atoms with Crippen molar-refractivity contribution in [2.24, 2.45) is 10.9 Å². The van der Waals surface area contributed by atoms with Crippen LogP contribution in [0, 0.1) is 5.92 Å². The maximum Gasteiger partial charge on any atom is 0.355 e. The highest BCUT2D eigenvalue weighted by atomic mass is 35.5. The van der Waals surface area contributed by atoms with Crippen LogP contribution in [-0.2, 0) is 19.6 Å². The molecule has 11 heteroatoms. The Balaban J connectivity index is 2.14. The summed E-state index contributed by atoms with van der Waals surface area (Å²) in [5.74, 6) is -5.83. The number of benzene rings is 2. The van der Waals surface area contributed by atoms with Crippen molar-refractivity contribution in [2.45, 2.75) is 32.1 Å². The summed E-state index contributed by atoms with van der Waals surface area (Å²) in [6, 6.07) is 12.8. The molecule has 0 fully saturated rings. The number of nitrogens with one attached hydrogen (secondary N) is 1. The first-order valence-corrected chi connectivity index (χ1v) is 12.0. The van der Waals surface area contributed by atoms with Gasteiger partial charge in [0.25, 0.3) is 21.8 Å². The Kier molecular flexibility index (Phi) is 7.48. The molecular formula is C22H22ClF2N3O4S. The molecule has 1 heterocycles. The van der Waals surface area contributed by atoms with E-state index in [0.717, 1.165) is 4.90 Å². The van der Waals surface area contributed by atoms with Crippen LogP contribution in [0.25, 0.3) is 0 Å². The minimum absolute atomic E-state index is 0.226. The van der Waals surface area contributed by atoms with E-state index in [1.807, 2.05) is 44.2 Å².